The molecule has 2 bridgehead atoms. The molecule has 26 heavy (non-hydrogen) atoms. The lowest BCUT2D eigenvalue weighted by molar-refractivity contribution is 0.169. The van der Waals surface area contributed by atoms with E-state index < -0.39 is 0 Å². The van der Waals surface area contributed by atoms with Crippen LogP contribution in [0.15, 0.2) is 18.3 Å². The first-order valence-corrected chi connectivity index (χ1v) is 10.4. The zero-order chi connectivity index (χ0) is 17.8. The number of amides is 2. The molecule has 2 heterocycles. The molecule has 5 heteroatoms. The number of carbonyl (C=O) groups excluding carboxylic acids is 1. The van der Waals surface area contributed by atoms with Gasteiger partial charge in [0.25, 0.3) is 0 Å². The maximum Gasteiger partial charge on any atom is 0.321 e. The Kier molecular flexibility index (Phi) is 3.87. The average Bonchev–Trinajstić information content (AvgIpc) is 3.21. The molecule has 1 aliphatic heterocycles. The van der Waals surface area contributed by atoms with Crippen molar-refractivity contribution in [1.82, 2.24) is 14.7 Å². The molecule has 4 aliphatic carbocycles. The summed E-state index contributed by atoms with van der Waals surface area (Å²) in [4.78, 5) is 15.0. The summed E-state index contributed by atoms with van der Waals surface area (Å²) in [5.41, 5.74) is 2.18. The molecule has 0 spiro atoms. The summed E-state index contributed by atoms with van der Waals surface area (Å²) in [5.74, 6) is 3.87. The van der Waals surface area contributed by atoms with Crippen molar-refractivity contribution in [3.63, 3.8) is 0 Å². The Morgan fingerprint density at radius 3 is 2.35 bits per heavy atom. The molecule has 1 aromatic rings. The zero-order valence-corrected chi connectivity index (χ0v) is 15.9. The number of likely N-dealkylation sites (tertiary alicyclic amines) is 1. The Morgan fingerprint density at radius 1 is 1.15 bits per heavy atom. The second-order valence-corrected chi connectivity index (χ2v) is 9.25. The normalized spacial score (nSPS) is 32.3. The fourth-order valence-corrected chi connectivity index (χ4v) is 5.47. The van der Waals surface area contributed by atoms with Crippen molar-refractivity contribution < 1.29 is 4.79 Å². The third-order valence-corrected chi connectivity index (χ3v) is 6.86. The summed E-state index contributed by atoms with van der Waals surface area (Å²) < 4.78 is 2.12. The number of hydrogen-bond donors (Lipinski definition) is 1. The first-order chi connectivity index (χ1) is 12.6. The van der Waals surface area contributed by atoms with Crippen LogP contribution in [0, 0.1) is 29.6 Å². The van der Waals surface area contributed by atoms with Gasteiger partial charge in [0, 0.05) is 25.6 Å². The van der Waals surface area contributed by atoms with Crippen molar-refractivity contribution in [3.8, 4) is 0 Å². The lowest BCUT2D eigenvalue weighted by Crippen LogP contribution is -2.35. The van der Waals surface area contributed by atoms with Crippen LogP contribution in [-0.2, 0) is 6.54 Å². The number of carbonyl (C=O) groups is 1. The van der Waals surface area contributed by atoms with Gasteiger partial charge in [-0.15, -0.1) is 0 Å². The van der Waals surface area contributed by atoms with Gasteiger partial charge in [0.15, 0.2) is 0 Å². The van der Waals surface area contributed by atoms with E-state index >= 15 is 0 Å². The minimum absolute atomic E-state index is 0.0739. The Morgan fingerprint density at radius 2 is 1.81 bits per heavy atom. The van der Waals surface area contributed by atoms with E-state index in [1.165, 1.54) is 31.4 Å². The second kappa shape index (κ2) is 6.14. The highest BCUT2D eigenvalue weighted by Crippen LogP contribution is 2.48. The summed E-state index contributed by atoms with van der Waals surface area (Å²) in [6.07, 6.45) is 11.8. The maximum atomic E-state index is 13.0. The van der Waals surface area contributed by atoms with Gasteiger partial charge in [-0.1, -0.05) is 26.0 Å². The molecular weight excluding hydrogens is 324 g/mol. The topological polar surface area (TPSA) is 50.2 Å². The van der Waals surface area contributed by atoms with Crippen LogP contribution in [0.3, 0.4) is 0 Å². The molecular formula is C21H30N4O. The number of nitrogens with zero attached hydrogens (tertiary/aromatic N) is 3. The number of urea groups is 1. The quantitative estimate of drug-likeness (QED) is 0.828. The highest BCUT2D eigenvalue weighted by atomic mass is 16.2. The Hall–Kier alpha value is -1.78. The van der Waals surface area contributed by atoms with Crippen molar-refractivity contribution >= 4 is 11.7 Å². The molecule has 0 aromatic carbocycles. The SMILES string of the molecule is CC(C)Cn1ncc(NC(=O)N2CC3C4C=CC(CC4)C3C2)c1C1CC1. The van der Waals surface area contributed by atoms with Crippen LogP contribution in [0.4, 0.5) is 10.5 Å². The number of aromatic nitrogens is 2. The van der Waals surface area contributed by atoms with E-state index in [2.05, 4.69) is 46.0 Å². The standard InChI is InChI=1S/C21H30N4O/c1-13(2)10-25-20(16-7-8-16)19(9-22-25)23-21(26)24-11-17-14-3-4-15(6-5-14)18(17)12-24/h3-4,9,13-18H,5-8,10-12H2,1-2H3,(H,23,26). The molecule has 2 saturated carbocycles. The first-order valence-electron chi connectivity index (χ1n) is 10.4. The van der Waals surface area contributed by atoms with Crippen molar-refractivity contribution in [2.24, 2.45) is 29.6 Å². The predicted molar refractivity (Wildman–Crippen MR) is 102 cm³/mol. The summed E-state index contributed by atoms with van der Waals surface area (Å²) in [5, 5.41) is 7.79. The van der Waals surface area contributed by atoms with E-state index in [0.29, 0.717) is 35.5 Å². The molecule has 1 aromatic heterocycles. The molecule has 4 atom stereocenters. The van der Waals surface area contributed by atoms with E-state index in [-0.39, 0.29) is 6.03 Å². The van der Waals surface area contributed by atoms with Gasteiger partial charge in [-0.3, -0.25) is 4.68 Å². The number of hydrogen-bond acceptors (Lipinski definition) is 2. The number of nitrogens with one attached hydrogen (secondary N) is 1. The molecule has 2 amide bonds. The smallest absolute Gasteiger partial charge is 0.321 e. The Labute approximate surface area is 155 Å². The minimum atomic E-state index is 0.0739. The lowest BCUT2D eigenvalue weighted by Gasteiger charge is -2.40. The summed E-state index contributed by atoms with van der Waals surface area (Å²) in [6, 6.07) is 0.0739. The molecule has 0 radical (unpaired) electrons. The third kappa shape index (κ3) is 2.76. The number of rotatable bonds is 4. The number of allylic oxidation sites excluding steroid dienone is 2. The van der Waals surface area contributed by atoms with Gasteiger partial charge in [0.05, 0.1) is 17.6 Å². The van der Waals surface area contributed by atoms with Crippen molar-refractivity contribution in [2.45, 2.75) is 52.0 Å². The fraction of sp³-hybridized carbons (Fsp3) is 0.714. The van der Waals surface area contributed by atoms with Crippen LogP contribution in [0.1, 0.15) is 51.1 Å². The maximum absolute atomic E-state index is 13.0. The van der Waals surface area contributed by atoms with Crippen LogP contribution < -0.4 is 5.32 Å². The van der Waals surface area contributed by atoms with E-state index in [1.54, 1.807) is 0 Å². The van der Waals surface area contributed by atoms with Gasteiger partial charge in [-0.05, 0) is 55.3 Å². The molecule has 5 nitrogen and oxygen atoms in total. The lowest BCUT2D eigenvalue weighted by atomic mass is 9.64. The first kappa shape index (κ1) is 16.4. The molecule has 1 saturated heterocycles. The van der Waals surface area contributed by atoms with Crippen molar-refractivity contribution in [1.29, 1.82) is 0 Å². The van der Waals surface area contributed by atoms with Crippen LogP contribution in [0.25, 0.3) is 0 Å². The van der Waals surface area contributed by atoms with Gasteiger partial charge in [0.1, 0.15) is 0 Å². The van der Waals surface area contributed by atoms with E-state index in [1.807, 2.05) is 6.20 Å². The Bertz CT molecular complexity index is 710. The van der Waals surface area contributed by atoms with Crippen LogP contribution in [-0.4, -0.2) is 33.8 Å². The fourth-order valence-electron chi connectivity index (χ4n) is 5.47. The number of anilines is 1. The molecule has 5 aliphatic rings. The number of fused-ring (bicyclic) bond motifs is 1. The second-order valence-electron chi connectivity index (χ2n) is 9.25. The van der Waals surface area contributed by atoms with E-state index in [0.717, 1.165) is 25.3 Å². The highest BCUT2D eigenvalue weighted by molar-refractivity contribution is 5.90. The van der Waals surface area contributed by atoms with E-state index in [9.17, 15) is 4.79 Å². The predicted octanol–water partition coefficient (Wildman–Crippen LogP) is 4.09. The Balaban J connectivity index is 1.30. The van der Waals surface area contributed by atoms with Gasteiger partial charge in [0.2, 0.25) is 0 Å². The molecule has 6 rings (SSSR count). The van der Waals surface area contributed by atoms with Crippen LogP contribution >= 0.6 is 0 Å². The van der Waals surface area contributed by atoms with Crippen molar-refractivity contribution in [2.75, 3.05) is 18.4 Å². The van der Waals surface area contributed by atoms with Gasteiger partial charge in [-0.25, -0.2) is 4.79 Å². The average molecular weight is 354 g/mol. The van der Waals surface area contributed by atoms with Crippen molar-refractivity contribution in [3.05, 3.63) is 24.0 Å². The summed E-state index contributed by atoms with van der Waals surface area (Å²) >= 11 is 0. The van der Waals surface area contributed by atoms with Gasteiger partial charge >= 0.3 is 6.03 Å². The monoisotopic (exact) mass is 354 g/mol. The van der Waals surface area contributed by atoms with Gasteiger partial charge in [-0.2, -0.15) is 5.10 Å². The van der Waals surface area contributed by atoms with Crippen LogP contribution in [0.5, 0.6) is 0 Å². The summed E-state index contributed by atoms with van der Waals surface area (Å²) in [7, 11) is 0. The summed E-state index contributed by atoms with van der Waals surface area (Å²) in [6.45, 7) is 7.18. The third-order valence-electron chi connectivity index (χ3n) is 6.86. The molecule has 140 valence electrons. The van der Waals surface area contributed by atoms with Crippen LogP contribution in [0.2, 0.25) is 0 Å². The molecule has 3 fully saturated rings. The van der Waals surface area contributed by atoms with Gasteiger partial charge < -0.3 is 10.2 Å². The highest BCUT2D eigenvalue weighted by Gasteiger charge is 2.47. The minimum Gasteiger partial charge on any atom is -0.324 e. The molecule has 4 unspecified atom stereocenters. The zero-order valence-electron chi connectivity index (χ0n) is 15.9. The van der Waals surface area contributed by atoms with E-state index in [4.69, 9.17) is 0 Å². The molecule has 1 N–H and O–H groups in total. The largest absolute Gasteiger partial charge is 0.324 e.